The predicted molar refractivity (Wildman–Crippen MR) is 56.8 cm³/mol. The number of hydrogen-bond acceptors (Lipinski definition) is 3. The molecule has 0 radical (unpaired) electrons. The minimum absolute atomic E-state index is 0.135. The fourth-order valence-corrected chi connectivity index (χ4v) is 1.37. The first-order valence-electron chi connectivity index (χ1n) is 4.60. The molecule has 0 atom stereocenters. The third kappa shape index (κ3) is 1.79. The highest BCUT2D eigenvalue weighted by Crippen LogP contribution is 2.21. The summed E-state index contributed by atoms with van der Waals surface area (Å²) in [5.74, 6) is -0.388. The largest absolute Gasteiger partial charge is 0.494 e. The van der Waals surface area contributed by atoms with Gasteiger partial charge in [0, 0.05) is 18.0 Å². The molecule has 0 amide bonds. The number of aromatic nitrogens is 2. The molecular weight excluding hydrogens is 211 g/mol. The fourth-order valence-electron chi connectivity index (χ4n) is 1.37. The van der Waals surface area contributed by atoms with Gasteiger partial charge in [0.25, 0.3) is 5.56 Å². The Bertz CT molecular complexity index is 566. The Kier molecular flexibility index (Phi) is 2.68. The molecule has 0 aliphatic carbocycles. The average Bonchev–Trinajstić information content (AvgIpc) is 2.29. The molecule has 0 unspecified atom stereocenters. The Labute approximate surface area is 90.7 Å². The van der Waals surface area contributed by atoms with Crippen molar-refractivity contribution < 1.29 is 9.13 Å². The molecular formula is C11H9FN2O2. The summed E-state index contributed by atoms with van der Waals surface area (Å²) in [5, 5.41) is 0. The highest BCUT2D eigenvalue weighted by molar-refractivity contribution is 5.59. The van der Waals surface area contributed by atoms with Crippen molar-refractivity contribution in [2.45, 2.75) is 0 Å². The fraction of sp³-hybridized carbons (Fsp3) is 0.0909. The summed E-state index contributed by atoms with van der Waals surface area (Å²) in [4.78, 5) is 17.8. The van der Waals surface area contributed by atoms with Crippen LogP contribution < -0.4 is 10.3 Å². The minimum atomic E-state index is -0.523. The summed E-state index contributed by atoms with van der Waals surface area (Å²) < 4.78 is 18.2. The van der Waals surface area contributed by atoms with Crippen molar-refractivity contribution in [2.75, 3.05) is 7.11 Å². The van der Waals surface area contributed by atoms with Gasteiger partial charge >= 0.3 is 0 Å². The Morgan fingerprint density at radius 1 is 1.44 bits per heavy atom. The Morgan fingerprint density at radius 2 is 2.25 bits per heavy atom. The van der Waals surface area contributed by atoms with Crippen LogP contribution in [-0.4, -0.2) is 17.1 Å². The maximum Gasteiger partial charge on any atom is 0.274 e. The van der Waals surface area contributed by atoms with Gasteiger partial charge in [0.1, 0.15) is 5.69 Å². The van der Waals surface area contributed by atoms with Crippen LogP contribution in [0.5, 0.6) is 5.75 Å². The summed E-state index contributed by atoms with van der Waals surface area (Å²) in [6.07, 6.45) is 2.87. The molecule has 0 saturated carbocycles. The van der Waals surface area contributed by atoms with Crippen LogP contribution in [0.15, 0.2) is 35.4 Å². The van der Waals surface area contributed by atoms with E-state index in [1.807, 2.05) is 0 Å². The van der Waals surface area contributed by atoms with E-state index in [9.17, 15) is 9.18 Å². The van der Waals surface area contributed by atoms with E-state index in [0.29, 0.717) is 5.56 Å². The van der Waals surface area contributed by atoms with Gasteiger partial charge in [-0.3, -0.25) is 4.79 Å². The van der Waals surface area contributed by atoms with Crippen LogP contribution in [0.25, 0.3) is 11.3 Å². The lowest BCUT2D eigenvalue weighted by atomic mass is 10.1. The number of hydrogen-bond donors (Lipinski definition) is 1. The zero-order valence-corrected chi connectivity index (χ0v) is 8.53. The molecule has 82 valence electrons. The first kappa shape index (κ1) is 10.4. The molecule has 0 spiro atoms. The van der Waals surface area contributed by atoms with Crippen LogP contribution in [0, 0.1) is 5.82 Å². The molecule has 5 heteroatoms. The number of benzene rings is 1. The number of rotatable bonds is 2. The molecule has 0 aliphatic rings. The molecule has 0 aliphatic heterocycles. The van der Waals surface area contributed by atoms with Gasteiger partial charge in [-0.2, -0.15) is 0 Å². The second-order valence-corrected chi connectivity index (χ2v) is 3.12. The normalized spacial score (nSPS) is 10.1. The molecule has 0 bridgehead atoms. The third-order valence-corrected chi connectivity index (χ3v) is 2.13. The molecule has 0 fully saturated rings. The van der Waals surface area contributed by atoms with E-state index in [2.05, 4.69) is 9.97 Å². The summed E-state index contributed by atoms with van der Waals surface area (Å²) in [6, 6.07) is 4.26. The molecule has 1 heterocycles. The van der Waals surface area contributed by atoms with Crippen molar-refractivity contribution in [3.8, 4) is 17.0 Å². The molecule has 16 heavy (non-hydrogen) atoms. The van der Waals surface area contributed by atoms with Gasteiger partial charge in [-0.25, -0.2) is 9.37 Å². The number of methoxy groups -OCH3 is 1. The van der Waals surface area contributed by atoms with Crippen LogP contribution in [0.4, 0.5) is 4.39 Å². The zero-order chi connectivity index (χ0) is 11.5. The first-order valence-corrected chi connectivity index (χ1v) is 4.60. The minimum Gasteiger partial charge on any atom is -0.494 e. The van der Waals surface area contributed by atoms with Gasteiger partial charge in [0.05, 0.1) is 7.11 Å². The van der Waals surface area contributed by atoms with Gasteiger partial charge in [0.15, 0.2) is 11.6 Å². The van der Waals surface area contributed by atoms with E-state index in [1.54, 1.807) is 6.07 Å². The van der Waals surface area contributed by atoms with Crippen molar-refractivity contribution in [1.29, 1.82) is 0 Å². The average molecular weight is 220 g/mol. The number of nitrogens with zero attached hydrogens (tertiary/aromatic N) is 1. The third-order valence-electron chi connectivity index (χ3n) is 2.13. The highest BCUT2D eigenvalue weighted by atomic mass is 19.1. The van der Waals surface area contributed by atoms with Gasteiger partial charge in [-0.15, -0.1) is 0 Å². The van der Waals surface area contributed by atoms with Crippen molar-refractivity contribution in [3.63, 3.8) is 0 Å². The van der Waals surface area contributed by atoms with Crippen LogP contribution in [-0.2, 0) is 0 Å². The maximum absolute atomic E-state index is 13.4. The van der Waals surface area contributed by atoms with Crippen molar-refractivity contribution in [3.05, 3.63) is 46.8 Å². The van der Waals surface area contributed by atoms with Crippen LogP contribution in [0.3, 0.4) is 0 Å². The number of aromatic amines is 1. The second kappa shape index (κ2) is 4.14. The van der Waals surface area contributed by atoms with Crippen molar-refractivity contribution in [2.24, 2.45) is 0 Å². The lowest BCUT2D eigenvalue weighted by molar-refractivity contribution is 0.386. The van der Waals surface area contributed by atoms with E-state index in [4.69, 9.17) is 4.74 Å². The van der Waals surface area contributed by atoms with Gasteiger partial charge < -0.3 is 9.72 Å². The SMILES string of the molecule is COc1ccc(-c2ncc[nH]c2=O)cc1F. The molecule has 4 nitrogen and oxygen atoms in total. The summed E-state index contributed by atoms with van der Waals surface area (Å²) in [6.45, 7) is 0. The Balaban J connectivity index is 2.54. The summed E-state index contributed by atoms with van der Waals surface area (Å²) in [5.41, 5.74) is 0.247. The van der Waals surface area contributed by atoms with Crippen LogP contribution >= 0.6 is 0 Å². The number of halogens is 1. The van der Waals surface area contributed by atoms with Crippen LogP contribution in [0.1, 0.15) is 0 Å². The lowest BCUT2D eigenvalue weighted by Gasteiger charge is -2.03. The topological polar surface area (TPSA) is 55.0 Å². The quantitative estimate of drug-likeness (QED) is 0.836. The van der Waals surface area contributed by atoms with Gasteiger partial charge in [-0.05, 0) is 18.2 Å². The summed E-state index contributed by atoms with van der Waals surface area (Å²) in [7, 11) is 1.38. The summed E-state index contributed by atoms with van der Waals surface area (Å²) >= 11 is 0. The monoisotopic (exact) mass is 220 g/mol. The van der Waals surface area contributed by atoms with E-state index < -0.39 is 5.82 Å². The van der Waals surface area contributed by atoms with Crippen molar-refractivity contribution >= 4 is 0 Å². The Morgan fingerprint density at radius 3 is 2.88 bits per heavy atom. The smallest absolute Gasteiger partial charge is 0.274 e. The van der Waals surface area contributed by atoms with Crippen LogP contribution in [0.2, 0.25) is 0 Å². The number of H-pyrrole nitrogens is 1. The van der Waals surface area contributed by atoms with E-state index in [0.717, 1.165) is 0 Å². The number of ether oxygens (including phenoxy) is 1. The Hall–Kier alpha value is -2.17. The van der Waals surface area contributed by atoms with E-state index >= 15 is 0 Å². The molecule has 0 saturated heterocycles. The first-order chi connectivity index (χ1) is 7.72. The number of nitrogens with one attached hydrogen (secondary N) is 1. The second-order valence-electron chi connectivity index (χ2n) is 3.12. The molecule has 1 N–H and O–H groups in total. The van der Waals surface area contributed by atoms with E-state index in [-0.39, 0.29) is 17.0 Å². The standard InChI is InChI=1S/C11H9FN2O2/c1-16-9-3-2-7(6-8(9)12)10-11(15)14-5-4-13-10/h2-6H,1H3,(H,14,15). The van der Waals surface area contributed by atoms with Crippen molar-refractivity contribution in [1.82, 2.24) is 9.97 Å². The molecule has 1 aromatic carbocycles. The highest BCUT2D eigenvalue weighted by Gasteiger charge is 2.08. The molecule has 1 aromatic heterocycles. The zero-order valence-electron chi connectivity index (χ0n) is 8.53. The van der Waals surface area contributed by atoms with Gasteiger partial charge in [-0.1, -0.05) is 0 Å². The lowest BCUT2D eigenvalue weighted by Crippen LogP contribution is -2.09. The molecule has 2 aromatic rings. The maximum atomic E-state index is 13.4. The van der Waals surface area contributed by atoms with Gasteiger partial charge in [0.2, 0.25) is 0 Å². The van der Waals surface area contributed by atoms with E-state index in [1.165, 1.54) is 31.6 Å². The predicted octanol–water partition coefficient (Wildman–Crippen LogP) is 1.58. The molecule has 2 rings (SSSR count).